The number of amides is 8. The van der Waals surface area contributed by atoms with E-state index in [1.54, 1.807) is 0 Å². The van der Waals surface area contributed by atoms with Gasteiger partial charge in [0.15, 0.2) is 23.8 Å². The van der Waals surface area contributed by atoms with E-state index in [-0.39, 0.29) is 113 Å². The second-order valence-corrected chi connectivity index (χ2v) is 18.2. The molecule has 28 N–H and O–H groups in total. The Hall–Kier alpha value is -7.03. The quantitative estimate of drug-likeness (QED) is 0.0120. The predicted octanol–water partition coefficient (Wildman–Crippen LogP) is -8.07. The molecule has 402 valence electrons. The molecule has 0 heterocycles. The van der Waals surface area contributed by atoms with Gasteiger partial charge in [-0.3, -0.25) is 63.1 Å². The van der Waals surface area contributed by atoms with Gasteiger partial charge in [-0.1, -0.05) is 21.6 Å². The molecule has 31 nitrogen and oxygen atoms in total. The maximum atomic E-state index is 14.1. The SMILES string of the molecule is CC(=O)N[C@H](CSSC[C@H](N)C(=O)O)C(=O)N[C@H](C)C(=O)N[C@H](CCCN=C(N)N)C(=O)N[C@@H](CCCN=C(N)N)C(=O)N[C@H](CCCN=C(N)N)C(=O)N[C@H](C)C(=O)N[C@H](CCCN=C(N)N)C(N)=O. The van der Waals surface area contributed by atoms with Crippen LogP contribution in [0.25, 0.3) is 0 Å². The molecule has 0 aromatic carbocycles. The van der Waals surface area contributed by atoms with Crippen molar-refractivity contribution in [2.75, 3.05) is 37.7 Å². The molecule has 0 saturated carbocycles. The molecule has 0 bridgehead atoms. The Morgan fingerprint density at radius 1 is 0.437 bits per heavy atom. The van der Waals surface area contributed by atoms with E-state index in [1.807, 2.05) is 0 Å². The molecular formula is C38H73N21O10S2. The zero-order chi connectivity index (χ0) is 54.2. The largest absolute Gasteiger partial charge is 0.480 e. The molecule has 0 aliphatic carbocycles. The second-order valence-electron chi connectivity index (χ2n) is 15.7. The summed E-state index contributed by atoms with van der Waals surface area (Å²) in [5.74, 6) is -8.58. The lowest BCUT2D eigenvalue weighted by atomic mass is 10.0. The predicted molar refractivity (Wildman–Crippen MR) is 270 cm³/mol. The first-order valence-electron chi connectivity index (χ1n) is 22.1. The number of rotatable bonds is 36. The van der Waals surface area contributed by atoms with Gasteiger partial charge in [0.25, 0.3) is 0 Å². The summed E-state index contributed by atoms with van der Waals surface area (Å²) in [7, 11) is 2.12. The van der Waals surface area contributed by atoms with Gasteiger partial charge < -0.3 is 99.7 Å². The Balaban J connectivity index is 6.54. The van der Waals surface area contributed by atoms with Gasteiger partial charge >= 0.3 is 5.97 Å². The number of carbonyl (C=O) groups is 9. The first kappa shape index (κ1) is 64.0. The summed E-state index contributed by atoms with van der Waals surface area (Å²) in [4.78, 5) is 133. The van der Waals surface area contributed by atoms with Gasteiger partial charge in [-0.2, -0.15) is 0 Å². The third-order valence-corrected chi connectivity index (χ3v) is 11.9. The number of aliphatic imine (C=N–C) groups is 4. The van der Waals surface area contributed by atoms with E-state index in [2.05, 4.69) is 57.2 Å². The highest BCUT2D eigenvalue weighted by molar-refractivity contribution is 8.76. The Morgan fingerprint density at radius 2 is 0.732 bits per heavy atom. The summed E-state index contributed by atoms with van der Waals surface area (Å²) < 4.78 is 0. The number of carboxylic acids is 1. The first-order valence-corrected chi connectivity index (χ1v) is 24.6. The highest BCUT2D eigenvalue weighted by Crippen LogP contribution is 2.23. The molecule has 0 unspecified atom stereocenters. The van der Waals surface area contributed by atoms with Crippen LogP contribution in [-0.2, 0) is 43.2 Å². The molecule has 0 spiro atoms. The van der Waals surface area contributed by atoms with Crippen LogP contribution in [0.1, 0.15) is 72.1 Å². The highest BCUT2D eigenvalue weighted by Gasteiger charge is 2.32. The number of nitrogens with two attached hydrogens (primary N) is 10. The standard InChI is InChI=1S/C38H73N21O10S2/c1-18(28(62)56-22(27(40)61)8-4-12-49-35(41)42)53-30(64)23(9-5-13-50-36(43)44)58-32(66)25(11-7-15-52-38(47)48)59-31(65)24(10-6-14-51-37(45)46)57-29(63)19(2)54-33(67)26(55-20(3)60)17-71-70-16-21(39)34(68)69/h18-19,21-26H,4-17,39H2,1-3H3,(H2,40,61)(H,53,64)(H,54,67)(H,55,60)(H,56,62)(H,57,63)(H,58,66)(H,59,65)(H,68,69)(H4,41,42,49)(H4,43,44,50)(H4,45,46,51)(H4,47,48,52)/t18-,19-,21+,22-,23-,24-,25+,26-/m1/s1. The molecule has 0 saturated heterocycles. The van der Waals surface area contributed by atoms with Crippen LogP contribution in [-0.4, -0.2) is 168 Å². The van der Waals surface area contributed by atoms with Gasteiger partial charge in [-0.15, -0.1) is 0 Å². The van der Waals surface area contributed by atoms with E-state index in [0.29, 0.717) is 0 Å². The minimum atomic E-state index is -1.41. The minimum Gasteiger partial charge on any atom is -0.480 e. The average Bonchev–Trinajstić information content (AvgIpc) is 3.27. The molecule has 0 rings (SSSR count). The van der Waals surface area contributed by atoms with Gasteiger partial charge in [0.1, 0.15) is 48.3 Å². The van der Waals surface area contributed by atoms with Crippen molar-refractivity contribution < 1.29 is 48.3 Å². The van der Waals surface area contributed by atoms with Gasteiger partial charge in [0.2, 0.25) is 47.3 Å². The molecule has 8 amide bonds. The second kappa shape index (κ2) is 35.1. The van der Waals surface area contributed by atoms with E-state index in [1.165, 1.54) is 20.8 Å². The van der Waals surface area contributed by atoms with Gasteiger partial charge in [-0.25, -0.2) is 0 Å². The molecule has 0 aliphatic rings. The number of primary amides is 1. The van der Waals surface area contributed by atoms with Gasteiger partial charge in [-0.05, 0) is 65.2 Å². The Bertz CT molecular complexity index is 1910. The third kappa shape index (κ3) is 30.2. The Kier molecular flexibility index (Phi) is 31.6. The number of hydrogen-bond donors (Lipinski definition) is 18. The lowest BCUT2D eigenvalue weighted by Gasteiger charge is -2.27. The number of nitrogens with zero attached hydrogens (tertiary/aromatic N) is 4. The number of carboxylic acid groups (broad SMARTS) is 1. The maximum absolute atomic E-state index is 14.1. The molecule has 0 radical (unpaired) electrons. The average molecular weight is 1050 g/mol. The summed E-state index contributed by atoms with van der Waals surface area (Å²) in [6, 6.07) is -10.2. The first-order chi connectivity index (χ1) is 33.2. The van der Waals surface area contributed by atoms with Crippen LogP contribution >= 0.6 is 21.6 Å². The number of hydrogen-bond acceptors (Lipinski definition) is 16. The van der Waals surface area contributed by atoms with Crippen molar-refractivity contribution in [3.63, 3.8) is 0 Å². The molecule has 0 aromatic heterocycles. The zero-order valence-corrected chi connectivity index (χ0v) is 41.7. The zero-order valence-electron chi connectivity index (χ0n) is 40.0. The number of aliphatic carboxylic acids is 1. The smallest absolute Gasteiger partial charge is 0.321 e. The molecule has 8 atom stereocenters. The van der Waals surface area contributed by atoms with Crippen molar-refractivity contribution >= 4 is 98.7 Å². The summed E-state index contributed by atoms with van der Waals surface area (Å²) >= 11 is 0. The molecule has 0 aromatic rings. The summed E-state index contributed by atoms with van der Waals surface area (Å²) in [5.41, 5.74) is 54.4. The van der Waals surface area contributed by atoms with Crippen molar-refractivity contribution in [2.45, 2.75) is 120 Å². The molecule has 0 aliphatic heterocycles. The van der Waals surface area contributed by atoms with Crippen LogP contribution in [0, 0.1) is 0 Å². The van der Waals surface area contributed by atoms with E-state index < -0.39 is 102 Å². The summed E-state index contributed by atoms with van der Waals surface area (Å²) in [6.07, 6.45) is 0.443. The van der Waals surface area contributed by atoms with E-state index in [4.69, 9.17) is 62.4 Å². The van der Waals surface area contributed by atoms with Crippen LogP contribution in [0.4, 0.5) is 0 Å². The van der Waals surface area contributed by atoms with E-state index in [9.17, 15) is 43.2 Å². The molecule has 0 fully saturated rings. The molecule has 71 heavy (non-hydrogen) atoms. The van der Waals surface area contributed by atoms with Gasteiger partial charge in [0.05, 0.1) is 0 Å². The fourth-order valence-electron chi connectivity index (χ4n) is 5.74. The third-order valence-electron chi connectivity index (χ3n) is 9.42. The van der Waals surface area contributed by atoms with Crippen LogP contribution in [0.5, 0.6) is 0 Å². The lowest BCUT2D eigenvalue weighted by Crippen LogP contribution is -2.59. The van der Waals surface area contributed by atoms with E-state index in [0.717, 1.165) is 21.6 Å². The fraction of sp³-hybridized carbons (Fsp3) is 0.658. The van der Waals surface area contributed by atoms with Crippen LogP contribution in [0.15, 0.2) is 20.0 Å². The number of guanidine groups is 4. The summed E-state index contributed by atoms with van der Waals surface area (Å²) in [6.45, 7) is 4.04. The number of carbonyl (C=O) groups excluding carboxylic acids is 8. The monoisotopic (exact) mass is 1050 g/mol. The maximum Gasteiger partial charge on any atom is 0.321 e. The molecular weight excluding hydrogens is 975 g/mol. The van der Waals surface area contributed by atoms with Crippen molar-refractivity contribution in [3.05, 3.63) is 0 Å². The minimum absolute atomic E-state index is 0.00144. The lowest BCUT2D eigenvalue weighted by molar-refractivity contribution is -0.138. The van der Waals surface area contributed by atoms with Crippen molar-refractivity contribution in [1.82, 2.24) is 37.2 Å². The Labute approximate surface area is 418 Å². The Morgan fingerprint density at radius 3 is 1.06 bits per heavy atom. The topological polar surface area (TPSA) is 568 Å². The fourth-order valence-corrected chi connectivity index (χ4v) is 8.02. The van der Waals surface area contributed by atoms with Crippen LogP contribution in [0.3, 0.4) is 0 Å². The van der Waals surface area contributed by atoms with Gasteiger partial charge in [0, 0.05) is 44.6 Å². The van der Waals surface area contributed by atoms with Crippen LogP contribution in [0.2, 0.25) is 0 Å². The number of nitrogens with one attached hydrogen (secondary N) is 7. The summed E-state index contributed by atoms with van der Waals surface area (Å²) in [5, 5.41) is 26.7. The normalized spacial score (nSPS) is 14.0. The van der Waals surface area contributed by atoms with Crippen molar-refractivity contribution in [3.8, 4) is 0 Å². The highest BCUT2D eigenvalue weighted by atomic mass is 33.1. The van der Waals surface area contributed by atoms with Crippen LogP contribution < -0.4 is 94.6 Å². The van der Waals surface area contributed by atoms with E-state index >= 15 is 0 Å². The van der Waals surface area contributed by atoms with Crippen molar-refractivity contribution in [1.29, 1.82) is 0 Å². The van der Waals surface area contributed by atoms with Crippen molar-refractivity contribution in [2.24, 2.45) is 77.3 Å². The molecule has 33 heteroatoms.